The maximum absolute atomic E-state index is 6.29. The van der Waals surface area contributed by atoms with Crippen molar-refractivity contribution in [1.82, 2.24) is 0 Å². The molecule has 3 fully saturated rings. The Morgan fingerprint density at radius 3 is 2.52 bits per heavy atom. The third-order valence-corrected chi connectivity index (χ3v) is 5.52. The Hall–Kier alpha value is -0.940. The van der Waals surface area contributed by atoms with Crippen LogP contribution in [0.2, 0.25) is 0 Å². The molecular weight excluding hydrogens is 292 g/mol. The Bertz CT molecular complexity index is 558. The molecule has 0 amide bonds. The molecule has 0 bridgehead atoms. The number of rotatable bonds is 3. The molecule has 1 saturated carbocycles. The van der Waals surface area contributed by atoms with Crippen LogP contribution in [0.4, 0.5) is 0 Å². The SMILES string of the molecule is Cc1cccc(C)c1CO[C@@H]1[C@H]2OC3(CCCC3)O[C@H]2O[C@@H]1C. The number of benzene rings is 1. The lowest BCUT2D eigenvalue weighted by Gasteiger charge is -2.27. The van der Waals surface area contributed by atoms with Gasteiger partial charge in [-0.15, -0.1) is 0 Å². The highest BCUT2D eigenvalue weighted by Gasteiger charge is 2.57. The topological polar surface area (TPSA) is 36.9 Å². The standard InChI is InChI=1S/C19H26O4/c1-12-7-6-8-13(2)15(12)11-20-16-14(3)21-18-17(16)22-19(23-18)9-4-5-10-19/h6-8,14,16-18H,4-5,9-11H2,1-3H3/t14-,16+,17-,18-/m1/s1. The fourth-order valence-corrected chi connectivity index (χ4v) is 4.13. The monoisotopic (exact) mass is 318 g/mol. The van der Waals surface area contributed by atoms with Gasteiger partial charge in [-0.25, -0.2) is 0 Å². The van der Waals surface area contributed by atoms with Gasteiger partial charge in [0.25, 0.3) is 0 Å². The predicted molar refractivity (Wildman–Crippen MR) is 86.0 cm³/mol. The summed E-state index contributed by atoms with van der Waals surface area (Å²) >= 11 is 0. The van der Waals surface area contributed by atoms with Gasteiger partial charge in [0.2, 0.25) is 0 Å². The van der Waals surface area contributed by atoms with Gasteiger partial charge < -0.3 is 18.9 Å². The van der Waals surface area contributed by atoms with Gasteiger partial charge in [0.15, 0.2) is 12.1 Å². The molecule has 1 aromatic carbocycles. The summed E-state index contributed by atoms with van der Waals surface area (Å²) in [5.74, 6) is -0.407. The van der Waals surface area contributed by atoms with Crippen molar-refractivity contribution >= 4 is 0 Å². The van der Waals surface area contributed by atoms with E-state index in [-0.39, 0.29) is 24.6 Å². The summed E-state index contributed by atoms with van der Waals surface area (Å²) < 4.78 is 24.6. The minimum atomic E-state index is -0.407. The van der Waals surface area contributed by atoms with Crippen molar-refractivity contribution in [2.24, 2.45) is 0 Å². The van der Waals surface area contributed by atoms with Crippen molar-refractivity contribution in [2.75, 3.05) is 0 Å². The molecule has 4 atom stereocenters. The molecule has 126 valence electrons. The Kier molecular flexibility index (Phi) is 3.96. The minimum absolute atomic E-state index is 0.00641. The van der Waals surface area contributed by atoms with Crippen LogP contribution in [0.25, 0.3) is 0 Å². The fraction of sp³-hybridized carbons (Fsp3) is 0.684. The summed E-state index contributed by atoms with van der Waals surface area (Å²) in [6, 6.07) is 6.35. The van der Waals surface area contributed by atoms with Crippen LogP contribution in [0.3, 0.4) is 0 Å². The predicted octanol–water partition coefficient (Wildman–Crippen LogP) is 3.62. The second-order valence-corrected chi connectivity index (χ2v) is 7.17. The van der Waals surface area contributed by atoms with Gasteiger partial charge in [-0.2, -0.15) is 0 Å². The molecule has 2 saturated heterocycles. The summed E-state index contributed by atoms with van der Waals surface area (Å²) in [7, 11) is 0. The van der Waals surface area contributed by atoms with Gasteiger partial charge in [0.1, 0.15) is 12.2 Å². The zero-order valence-corrected chi connectivity index (χ0v) is 14.2. The summed E-state index contributed by atoms with van der Waals surface area (Å²) in [5.41, 5.74) is 3.80. The quantitative estimate of drug-likeness (QED) is 0.853. The van der Waals surface area contributed by atoms with E-state index >= 15 is 0 Å². The average Bonchev–Trinajstić information content (AvgIpc) is 3.16. The van der Waals surface area contributed by atoms with Crippen LogP contribution in [0.15, 0.2) is 18.2 Å². The molecule has 4 rings (SSSR count). The molecule has 3 aliphatic rings. The first-order valence-corrected chi connectivity index (χ1v) is 8.76. The molecule has 2 heterocycles. The number of hydrogen-bond acceptors (Lipinski definition) is 4. The van der Waals surface area contributed by atoms with Crippen LogP contribution in [-0.2, 0) is 25.6 Å². The largest absolute Gasteiger partial charge is 0.368 e. The van der Waals surface area contributed by atoms with Gasteiger partial charge >= 0.3 is 0 Å². The summed E-state index contributed by atoms with van der Waals surface area (Å²) in [4.78, 5) is 0. The highest BCUT2D eigenvalue weighted by molar-refractivity contribution is 5.32. The first kappa shape index (κ1) is 15.6. The highest BCUT2D eigenvalue weighted by Crippen LogP contribution is 2.46. The van der Waals surface area contributed by atoms with Crippen molar-refractivity contribution in [3.63, 3.8) is 0 Å². The molecule has 0 radical (unpaired) electrons. The lowest BCUT2D eigenvalue weighted by Crippen LogP contribution is -2.36. The van der Waals surface area contributed by atoms with Crippen LogP contribution in [0, 0.1) is 13.8 Å². The van der Waals surface area contributed by atoms with Gasteiger partial charge in [0.05, 0.1) is 12.7 Å². The molecule has 1 spiro atoms. The smallest absolute Gasteiger partial charge is 0.190 e. The molecular formula is C19H26O4. The Morgan fingerprint density at radius 1 is 1.13 bits per heavy atom. The van der Waals surface area contributed by atoms with Crippen molar-refractivity contribution in [3.8, 4) is 0 Å². The molecule has 4 nitrogen and oxygen atoms in total. The van der Waals surface area contributed by atoms with Crippen molar-refractivity contribution in [3.05, 3.63) is 34.9 Å². The van der Waals surface area contributed by atoms with E-state index in [2.05, 4.69) is 32.0 Å². The molecule has 2 aliphatic heterocycles. The molecule has 4 heteroatoms. The molecule has 1 aromatic rings. The van der Waals surface area contributed by atoms with Crippen molar-refractivity contribution in [2.45, 2.75) is 83.5 Å². The van der Waals surface area contributed by atoms with E-state index in [1.54, 1.807) is 0 Å². The normalized spacial score (nSPS) is 35.1. The summed E-state index contributed by atoms with van der Waals surface area (Å²) in [5, 5.41) is 0. The van der Waals surface area contributed by atoms with Gasteiger partial charge in [0, 0.05) is 12.8 Å². The van der Waals surface area contributed by atoms with E-state index in [4.69, 9.17) is 18.9 Å². The van der Waals surface area contributed by atoms with Gasteiger partial charge in [-0.05, 0) is 50.3 Å². The number of ether oxygens (including phenoxy) is 4. The number of hydrogen-bond donors (Lipinski definition) is 0. The van der Waals surface area contributed by atoms with Gasteiger partial charge in [-0.3, -0.25) is 0 Å². The lowest BCUT2D eigenvalue weighted by atomic mass is 10.0. The Morgan fingerprint density at radius 2 is 1.83 bits per heavy atom. The fourth-order valence-electron chi connectivity index (χ4n) is 4.13. The molecule has 23 heavy (non-hydrogen) atoms. The molecule has 0 N–H and O–H groups in total. The van der Waals surface area contributed by atoms with Crippen LogP contribution < -0.4 is 0 Å². The Labute approximate surface area is 138 Å². The minimum Gasteiger partial charge on any atom is -0.368 e. The zero-order chi connectivity index (χ0) is 16.0. The maximum atomic E-state index is 6.29. The number of fused-ring (bicyclic) bond motifs is 1. The molecule has 1 aliphatic carbocycles. The lowest BCUT2D eigenvalue weighted by molar-refractivity contribution is -0.231. The van der Waals surface area contributed by atoms with E-state index in [0.717, 1.165) is 12.8 Å². The zero-order valence-electron chi connectivity index (χ0n) is 14.2. The molecule has 0 aromatic heterocycles. The van der Waals surface area contributed by atoms with E-state index in [1.165, 1.54) is 29.5 Å². The maximum Gasteiger partial charge on any atom is 0.190 e. The number of aryl methyl sites for hydroxylation is 2. The third kappa shape index (κ3) is 2.72. The average molecular weight is 318 g/mol. The van der Waals surface area contributed by atoms with Gasteiger partial charge in [-0.1, -0.05) is 18.2 Å². The Balaban J connectivity index is 1.46. The van der Waals surface area contributed by atoms with Crippen LogP contribution in [-0.4, -0.2) is 30.4 Å². The highest BCUT2D eigenvalue weighted by atomic mass is 16.8. The molecule has 0 unspecified atom stereocenters. The van der Waals surface area contributed by atoms with E-state index < -0.39 is 5.79 Å². The van der Waals surface area contributed by atoms with Crippen molar-refractivity contribution in [1.29, 1.82) is 0 Å². The van der Waals surface area contributed by atoms with E-state index in [0.29, 0.717) is 6.61 Å². The van der Waals surface area contributed by atoms with E-state index in [9.17, 15) is 0 Å². The second-order valence-electron chi connectivity index (χ2n) is 7.17. The summed E-state index contributed by atoms with van der Waals surface area (Å²) in [6.07, 6.45) is 3.83. The van der Waals surface area contributed by atoms with Crippen LogP contribution >= 0.6 is 0 Å². The van der Waals surface area contributed by atoms with Crippen molar-refractivity contribution < 1.29 is 18.9 Å². The third-order valence-electron chi connectivity index (χ3n) is 5.52. The first-order valence-electron chi connectivity index (χ1n) is 8.76. The summed E-state index contributed by atoms with van der Waals surface area (Å²) in [6.45, 7) is 6.90. The van der Waals surface area contributed by atoms with Crippen LogP contribution in [0.1, 0.15) is 49.3 Å². The van der Waals surface area contributed by atoms with Crippen LogP contribution in [0.5, 0.6) is 0 Å². The van der Waals surface area contributed by atoms with E-state index in [1.807, 2.05) is 6.92 Å². The first-order chi connectivity index (χ1) is 11.1. The second kappa shape index (κ2) is 5.85.